The number of ether oxygens (including phenoxy) is 1. The lowest BCUT2D eigenvalue weighted by atomic mass is 10.4. The van der Waals surface area contributed by atoms with Gasteiger partial charge >= 0.3 is 47.2 Å². The van der Waals surface area contributed by atoms with Gasteiger partial charge in [-0.1, -0.05) is 0 Å². The smallest absolute Gasteiger partial charge is 0.393 e. The Kier molecular flexibility index (Phi) is 26.1. The minimum atomic E-state index is -3.77. The number of carbonyl (C=O) groups excluding carboxylic acids is 2. The zero-order chi connectivity index (χ0) is 37.4. The normalized spacial score (nSPS) is 13.1. The third-order valence-electron chi connectivity index (χ3n) is 6.82. The van der Waals surface area contributed by atoms with Gasteiger partial charge in [-0.2, -0.15) is 0 Å². The summed E-state index contributed by atoms with van der Waals surface area (Å²) in [5.41, 5.74) is 0. The van der Waals surface area contributed by atoms with E-state index in [1.165, 1.54) is 0 Å². The maximum absolute atomic E-state index is 13.9. The molecular weight excluding hydrogens is 713 g/mol. The van der Waals surface area contributed by atoms with Crippen LogP contribution in [-0.4, -0.2) is 126 Å². The van der Waals surface area contributed by atoms with E-state index in [1.54, 1.807) is 83.1 Å². The molecule has 292 valence electrons. The second kappa shape index (κ2) is 26.3. The molecule has 0 aromatic heterocycles. The van der Waals surface area contributed by atoms with Crippen molar-refractivity contribution in [2.24, 2.45) is 0 Å². The van der Waals surface area contributed by atoms with Crippen LogP contribution in [0.3, 0.4) is 0 Å². The van der Waals surface area contributed by atoms with Crippen molar-refractivity contribution in [1.29, 1.82) is 0 Å². The van der Waals surface area contributed by atoms with Gasteiger partial charge in [0.25, 0.3) is 0 Å². The van der Waals surface area contributed by atoms with Crippen molar-refractivity contribution in [3.05, 3.63) is 0 Å². The molecule has 0 aliphatic rings. The minimum absolute atomic E-state index is 0.227. The van der Waals surface area contributed by atoms with Gasteiger partial charge in [-0.3, -0.25) is 9.59 Å². The lowest BCUT2D eigenvalue weighted by Gasteiger charge is -2.42. The highest BCUT2D eigenvalue weighted by atomic mass is 28.5. The molecule has 0 aliphatic carbocycles. The van der Waals surface area contributed by atoms with Crippen molar-refractivity contribution in [2.75, 3.05) is 79.3 Å². The van der Waals surface area contributed by atoms with E-state index in [9.17, 15) is 9.59 Å². The quantitative estimate of drug-likeness (QED) is 0.0519. The standard InChI is InChI=1S/C30H66O15Si4/c1-13-33-46(34-14-2,35-15-3)29(47(36-16-4,37-17-5)38-18-6)25-27(31)45-28(32)26-30(48(39-19-7,40-20-8)41-21-9)49(42-22-10,43-23-11)44-24-12/h29-30H,13-26H2,1-12H3. The highest BCUT2D eigenvalue weighted by molar-refractivity contribution is 6.83. The maximum Gasteiger partial charge on any atom is 0.509 e. The van der Waals surface area contributed by atoms with Gasteiger partial charge in [0.05, 0.1) is 12.8 Å². The molecule has 49 heavy (non-hydrogen) atoms. The van der Waals surface area contributed by atoms with Crippen LogP contribution in [0.25, 0.3) is 0 Å². The van der Waals surface area contributed by atoms with Crippen LogP contribution in [0.2, 0.25) is 10.3 Å². The van der Waals surface area contributed by atoms with Gasteiger partial charge in [0.2, 0.25) is 0 Å². The summed E-state index contributed by atoms with van der Waals surface area (Å²) < 4.78 is 80.5. The Labute approximate surface area is 299 Å². The van der Waals surface area contributed by atoms with E-state index in [4.69, 9.17) is 57.8 Å². The second-order valence-electron chi connectivity index (χ2n) is 9.97. The first-order valence-electron chi connectivity index (χ1n) is 17.9. The van der Waals surface area contributed by atoms with Crippen LogP contribution in [0.4, 0.5) is 0 Å². The Hall–Kier alpha value is -0.472. The van der Waals surface area contributed by atoms with E-state index < -0.39 is 70.3 Å². The van der Waals surface area contributed by atoms with Crippen molar-refractivity contribution in [1.82, 2.24) is 0 Å². The summed E-state index contributed by atoms with van der Waals surface area (Å²) in [7, 11) is -15.1. The molecule has 15 nitrogen and oxygen atoms in total. The number of hydrogen-bond acceptors (Lipinski definition) is 15. The molecule has 0 atom stereocenters. The molecule has 0 N–H and O–H groups in total. The molecule has 0 amide bonds. The molecule has 0 heterocycles. The lowest BCUT2D eigenvalue weighted by Crippen LogP contribution is -2.65. The molecule has 0 spiro atoms. The lowest BCUT2D eigenvalue weighted by molar-refractivity contribution is -0.160. The molecule has 0 aliphatic heterocycles. The molecule has 0 aromatic carbocycles. The van der Waals surface area contributed by atoms with Gasteiger partial charge in [0, 0.05) is 79.3 Å². The Balaban J connectivity index is 7.14. The molecule has 0 fully saturated rings. The Morgan fingerprint density at radius 2 is 0.469 bits per heavy atom. The summed E-state index contributed by atoms with van der Waals surface area (Å²) in [6.07, 6.45) is -0.796. The average molecular weight is 779 g/mol. The largest absolute Gasteiger partial charge is 0.509 e. The van der Waals surface area contributed by atoms with Crippen molar-refractivity contribution in [2.45, 2.75) is 106 Å². The molecule has 0 aromatic rings. The summed E-state index contributed by atoms with van der Waals surface area (Å²) >= 11 is 0. The SMILES string of the molecule is CCO[Si](OCC)(OCC)C(CC(=O)OC(=O)CC([Si](OCC)(OCC)OCC)[Si](OCC)(OCC)OCC)[Si](OCC)(OCC)OCC. The van der Waals surface area contributed by atoms with Crippen LogP contribution in [-0.2, 0) is 67.4 Å². The monoisotopic (exact) mass is 778 g/mol. The zero-order valence-electron chi connectivity index (χ0n) is 32.2. The third kappa shape index (κ3) is 14.1. The van der Waals surface area contributed by atoms with E-state index in [-0.39, 0.29) is 79.3 Å². The fourth-order valence-electron chi connectivity index (χ4n) is 5.60. The van der Waals surface area contributed by atoms with Crippen LogP contribution >= 0.6 is 0 Å². The number of hydrogen-bond donors (Lipinski definition) is 0. The van der Waals surface area contributed by atoms with Gasteiger partial charge < -0.3 is 57.8 Å². The fraction of sp³-hybridized carbons (Fsp3) is 0.933. The molecule has 0 unspecified atom stereocenters. The van der Waals surface area contributed by atoms with Crippen LogP contribution < -0.4 is 0 Å². The van der Waals surface area contributed by atoms with Gasteiger partial charge in [0.1, 0.15) is 10.3 Å². The second-order valence-corrected chi connectivity index (χ2v) is 22.2. The van der Waals surface area contributed by atoms with E-state index >= 15 is 0 Å². The summed E-state index contributed by atoms with van der Waals surface area (Å²) in [6.45, 7) is 24.4. The molecule has 0 bridgehead atoms. The van der Waals surface area contributed by atoms with E-state index in [0.717, 1.165) is 0 Å². The topological polar surface area (TPSA) is 154 Å². The zero-order valence-corrected chi connectivity index (χ0v) is 36.2. The van der Waals surface area contributed by atoms with Crippen LogP contribution in [0.1, 0.15) is 95.9 Å². The average Bonchev–Trinajstić information content (AvgIpc) is 3.04. The Morgan fingerprint density at radius 3 is 0.592 bits per heavy atom. The summed E-state index contributed by atoms with van der Waals surface area (Å²) in [6, 6.07) is 0. The fourth-order valence-corrected chi connectivity index (χ4v) is 22.0. The van der Waals surface area contributed by atoms with Crippen molar-refractivity contribution in [3.8, 4) is 0 Å². The van der Waals surface area contributed by atoms with Crippen LogP contribution in [0.5, 0.6) is 0 Å². The predicted octanol–water partition coefficient (Wildman–Crippen LogP) is 4.85. The van der Waals surface area contributed by atoms with Gasteiger partial charge in [-0.05, 0) is 83.1 Å². The minimum Gasteiger partial charge on any atom is -0.393 e. The van der Waals surface area contributed by atoms with Crippen molar-refractivity contribution < 1.29 is 67.4 Å². The first-order valence-corrected chi connectivity index (χ1v) is 25.1. The molecular formula is C30H66O15Si4. The molecule has 0 radical (unpaired) electrons. The maximum atomic E-state index is 13.9. The van der Waals surface area contributed by atoms with E-state index in [1.807, 2.05) is 0 Å². The highest BCUT2D eigenvalue weighted by Crippen LogP contribution is 2.42. The van der Waals surface area contributed by atoms with Crippen LogP contribution in [0, 0.1) is 0 Å². The molecule has 0 saturated carbocycles. The summed E-state index contributed by atoms with van der Waals surface area (Å²) in [4.78, 5) is 27.8. The van der Waals surface area contributed by atoms with Crippen LogP contribution in [0.15, 0.2) is 0 Å². The van der Waals surface area contributed by atoms with Crippen molar-refractivity contribution in [3.63, 3.8) is 0 Å². The Morgan fingerprint density at radius 1 is 0.327 bits per heavy atom. The first-order chi connectivity index (χ1) is 23.5. The van der Waals surface area contributed by atoms with Crippen molar-refractivity contribution >= 4 is 47.2 Å². The highest BCUT2D eigenvalue weighted by Gasteiger charge is 2.68. The number of esters is 2. The van der Waals surface area contributed by atoms with E-state index in [0.29, 0.717) is 0 Å². The predicted molar refractivity (Wildman–Crippen MR) is 190 cm³/mol. The number of carbonyl (C=O) groups is 2. The van der Waals surface area contributed by atoms with Gasteiger partial charge in [0.15, 0.2) is 0 Å². The summed E-state index contributed by atoms with van der Waals surface area (Å²) in [5, 5.41) is -1.88. The molecule has 0 saturated heterocycles. The van der Waals surface area contributed by atoms with E-state index in [2.05, 4.69) is 0 Å². The summed E-state index contributed by atoms with van der Waals surface area (Å²) in [5.74, 6) is -1.73. The van der Waals surface area contributed by atoms with Gasteiger partial charge in [-0.15, -0.1) is 0 Å². The Bertz CT molecular complexity index is 700. The van der Waals surface area contributed by atoms with Gasteiger partial charge in [-0.25, -0.2) is 0 Å². The number of rotatable bonds is 32. The molecule has 0 rings (SSSR count). The first kappa shape index (κ1) is 48.5. The molecule has 19 heteroatoms. The third-order valence-corrected chi connectivity index (χ3v) is 23.6.